The second-order valence-electron chi connectivity index (χ2n) is 10.9. The normalized spacial score (nSPS) is 12.7. The summed E-state index contributed by atoms with van der Waals surface area (Å²) in [6, 6.07) is 11.3. The number of fused-ring (bicyclic) bond motifs is 1. The Hall–Kier alpha value is -3.99. The molecule has 0 aliphatic carbocycles. The molecule has 11 heteroatoms. The molecule has 2 heterocycles. The molecular weight excluding hydrogens is 526 g/mol. The van der Waals surface area contributed by atoms with Crippen LogP contribution in [0.3, 0.4) is 0 Å². The smallest absolute Gasteiger partial charge is 0.229 e. The average molecular weight is 564 g/mol. The van der Waals surface area contributed by atoms with Crippen molar-refractivity contribution < 1.29 is 13.2 Å². The van der Waals surface area contributed by atoms with Gasteiger partial charge in [-0.05, 0) is 68.3 Å². The van der Waals surface area contributed by atoms with E-state index in [1.807, 2.05) is 0 Å². The number of carbonyl (C=O) groups is 1. The highest BCUT2D eigenvalue weighted by Gasteiger charge is 2.25. The SMILES string of the molecule is CCN(CC)c1ccc(/C=c2/c(C(C)(C)C)nn3c(-c4cc(NC(C)=O)ccc4NS(C)(=O)=O)nnc23)c(C)c1. The van der Waals surface area contributed by atoms with Crippen molar-refractivity contribution in [1.82, 2.24) is 19.8 Å². The first-order valence-corrected chi connectivity index (χ1v) is 15.1. The first-order valence-electron chi connectivity index (χ1n) is 13.2. The summed E-state index contributed by atoms with van der Waals surface area (Å²) in [7, 11) is -3.59. The highest BCUT2D eigenvalue weighted by atomic mass is 32.2. The number of carbonyl (C=O) groups excluding carboxylic acids is 1. The Morgan fingerprint density at radius 1 is 1.07 bits per heavy atom. The van der Waals surface area contributed by atoms with Crippen molar-refractivity contribution in [2.24, 2.45) is 0 Å². The summed E-state index contributed by atoms with van der Waals surface area (Å²) < 4.78 is 28.5. The van der Waals surface area contributed by atoms with E-state index in [0.29, 0.717) is 28.4 Å². The molecule has 0 aliphatic rings. The number of sulfonamides is 1. The average Bonchev–Trinajstić information content (AvgIpc) is 3.41. The Bertz CT molecular complexity index is 1730. The molecule has 0 fully saturated rings. The van der Waals surface area contributed by atoms with Gasteiger partial charge in [0.15, 0.2) is 11.5 Å². The van der Waals surface area contributed by atoms with E-state index in [2.05, 4.69) is 91.0 Å². The maximum absolute atomic E-state index is 12.1. The molecule has 4 rings (SSSR count). The lowest BCUT2D eigenvalue weighted by molar-refractivity contribution is -0.114. The summed E-state index contributed by atoms with van der Waals surface area (Å²) in [5.41, 5.74) is 5.67. The van der Waals surface area contributed by atoms with Crippen molar-refractivity contribution >= 4 is 44.7 Å². The predicted octanol–water partition coefficient (Wildman–Crippen LogP) is 4.12. The minimum Gasteiger partial charge on any atom is -0.372 e. The summed E-state index contributed by atoms with van der Waals surface area (Å²) in [5.74, 6) is 0.106. The Kier molecular flexibility index (Phi) is 7.89. The number of nitrogens with zero attached hydrogens (tertiary/aromatic N) is 5. The summed E-state index contributed by atoms with van der Waals surface area (Å²) in [6.07, 6.45) is 3.17. The third kappa shape index (κ3) is 6.09. The number of nitrogens with one attached hydrogen (secondary N) is 2. The van der Waals surface area contributed by atoms with Crippen LogP contribution in [0.2, 0.25) is 0 Å². The molecule has 40 heavy (non-hydrogen) atoms. The number of aromatic nitrogens is 4. The van der Waals surface area contributed by atoms with Crippen molar-refractivity contribution in [2.75, 3.05) is 34.3 Å². The van der Waals surface area contributed by atoms with E-state index in [1.165, 1.54) is 12.6 Å². The maximum atomic E-state index is 12.1. The van der Waals surface area contributed by atoms with Crippen LogP contribution >= 0.6 is 0 Å². The van der Waals surface area contributed by atoms with Gasteiger partial charge in [0.25, 0.3) is 0 Å². The predicted molar refractivity (Wildman–Crippen MR) is 161 cm³/mol. The maximum Gasteiger partial charge on any atom is 0.229 e. The molecule has 0 saturated heterocycles. The van der Waals surface area contributed by atoms with Crippen molar-refractivity contribution in [3.63, 3.8) is 0 Å². The van der Waals surface area contributed by atoms with Gasteiger partial charge in [-0.2, -0.15) is 9.61 Å². The minimum atomic E-state index is -3.59. The van der Waals surface area contributed by atoms with Gasteiger partial charge in [-0.3, -0.25) is 9.52 Å². The number of benzene rings is 2. The highest BCUT2D eigenvalue weighted by Crippen LogP contribution is 2.31. The van der Waals surface area contributed by atoms with Crippen molar-refractivity contribution in [1.29, 1.82) is 0 Å². The number of rotatable bonds is 8. The highest BCUT2D eigenvalue weighted by molar-refractivity contribution is 7.92. The molecular formula is C29H37N7O3S. The molecule has 0 bridgehead atoms. The Balaban J connectivity index is 1.95. The van der Waals surface area contributed by atoms with Gasteiger partial charge >= 0.3 is 0 Å². The molecule has 0 radical (unpaired) electrons. The quantitative estimate of drug-likeness (QED) is 0.331. The van der Waals surface area contributed by atoms with Gasteiger partial charge in [-0.15, -0.1) is 10.2 Å². The Morgan fingerprint density at radius 2 is 1.77 bits per heavy atom. The molecule has 0 spiro atoms. The molecule has 2 N–H and O–H groups in total. The molecule has 0 unspecified atom stereocenters. The van der Waals surface area contributed by atoms with E-state index >= 15 is 0 Å². The topological polar surface area (TPSA) is 122 Å². The van der Waals surface area contributed by atoms with Gasteiger partial charge in [0.2, 0.25) is 15.9 Å². The number of aryl methyl sites for hydroxylation is 1. The largest absolute Gasteiger partial charge is 0.372 e. The van der Waals surface area contributed by atoms with Crippen LogP contribution in [0, 0.1) is 6.92 Å². The molecule has 4 aromatic rings. The van der Waals surface area contributed by atoms with E-state index in [0.717, 1.165) is 41.4 Å². The standard InChI is InChI=1S/C29H37N7O3S/c1-9-35(10-2)22-13-11-20(18(3)15-22)16-24-26(29(5,6)7)33-36-27(31-32-28(24)36)23-17-21(30-19(4)37)12-14-25(23)34-40(8,38)39/h11-17,34H,9-10H2,1-8H3,(H,30,37)/b24-16-. The first kappa shape index (κ1) is 29.0. The van der Waals surface area contributed by atoms with Crippen LogP contribution in [-0.2, 0) is 20.2 Å². The molecule has 212 valence electrons. The molecule has 0 atom stereocenters. The van der Waals surface area contributed by atoms with Gasteiger partial charge in [-0.25, -0.2) is 8.42 Å². The lowest BCUT2D eigenvalue weighted by Crippen LogP contribution is -2.22. The molecule has 2 aromatic carbocycles. The summed E-state index contributed by atoms with van der Waals surface area (Å²) in [5, 5.41) is 17.4. The fourth-order valence-electron chi connectivity index (χ4n) is 4.72. The van der Waals surface area contributed by atoms with Crippen LogP contribution < -0.4 is 20.2 Å². The van der Waals surface area contributed by atoms with Crippen molar-refractivity contribution in [3.8, 4) is 11.4 Å². The van der Waals surface area contributed by atoms with Crippen LogP contribution in [0.1, 0.15) is 58.4 Å². The van der Waals surface area contributed by atoms with E-state index in [4.69, 9.17) is 5.10 Å². The van der Waals surface area contributed by atoms with Crippen LogP contribution in [0.25, 0.3) is 23.1 Å². The molecule has 1 amide bonds. The third-order valence-corrected chi connectivity index (χ3v) is 7.20. The monoisotopic (exact) mass is 563 g/mol. The second kappa shape index (κ2) is 10.9. The van der Waals surface area contributed by atoms with Gasteiger partial charge in [0, 0.05) is 47.6 Å². The van der Waals surface area contributed by atoms with Crippen molar-refractivity contribution in [3.05, 3.63) is 58.4 Å². The number of amides is 1. The Morgan fingerprint density at radius 3 is 2.35 bits per heavy atom. The zero-order chi connectivity index (χ0) is 29.4. The summed E-state index contributed by atoms with van der Waals surface area (Å²) in [6.45, 7) is 15.9. The summed E-state index contributed by atoms with van der Waals surface area (Å²) in [4.78, 5) is 14.0. The van der Waals surface area contributed by atoms with Crippen LogP contribution in [-0.4, -0.2) is 53.5 Å². The van der Waals surface area contributed by atoms with E-state index in [9.17, 15) is 13.2 Å². The van der Waals surface area contributed by atoms with E-state index in [-0.39, 0.29) is 11.3 Å². The number of hydrogen-bond donors (Lipinski definition) is 2. The lowest BCUT2D eigenvalue weighted by atomic mass is 9.90. The fraction of sp³-hybridized carbons (Fsp3) is 0.379. The molecule has 0 aliphatic heterocycles. The van der Waals surface area contributed by atoms with E-state index < -0.39 is 10.0 Å². The molecule has 0 saturated carbocycles. The van der Waals surface area contributed by atoms with Crippen LogP contribution in [0.15, 0.2) is 36.4 Å². The van der Waals surface area contributed by atoms with Gasteiger partial charge < -0.3 is 10.2 Å². The van der Waals surface area contributed by atoms with Crippen LogP contribution in [0.5, 0.6) is 0 Å². The van der Waals surface area contributed by atoms with Gasteiger partial charge in [-0.1, -0.05) is 26.8 Å². The zero-order valence-corrected chi connectivity index (χ0v) is 25.1. The minimum absolute atomic E-state index is 0.248. The van der Waals surface area contributed by atoms with Gasteiger partial charge in [0.1, 0.15) is 0 Å². The zero-order valence-electron chi connectivity index (χ0n) is 24.3. The molecule has 2 aromatic heterocycles. The van der Waals surface area contributed by atoms with E-state index in [1.54, 1.807) is 22.7 Å². The van der Waals surface area contributed by atoms with Crippen LogP contribution in [0.4, 0.5) is 17.1 Å². The second-order valence-corrected chi connectivity index (χ2v) is 12.7. The Labute approximate surface area is 235 Å². The number of hydrogen-bond acceptors (Lipinski definition) is 7. The number of anilines is 3. The first-order chi connectivity index (χ1) is 18.7. The lowest BCUT2D eigenvalue weighted by Gasteiger charge is -2.22. The fourth-order valence-corrected chi connectivity index (χ4v) is 5.30. The summed E-state index contributed by atoms with van der Waals surface area (Å²) >= 11 is 0. The van der Waals surface area contributed by atoms with Crippen molar-refractivity contribution in [2.45, 2.75) is 53.9 Å². The molecule has 10 nitrogen and oxygen atoms in total. The van der Waals surface area contributed by atoms with Gasteiger partial charge in [0.05, 0.1) is 17.6 Å². The third-order valence-electron chi connectivity index (χ3n) is 6.61.